The van der Waals surface area contributed by atoms with E-state index in [1.165, 1.54) is 0 Å². The van der Waals surface area contributed by atoms with Crippen molar-refractivity contribution < 1.29 is 23.7 Å². The highest BCUT2D eigenvalue weighted by Crippen LogP contribution is 2.25. The van der Waals surface area contributed by atoms with Crippen molar-refractivity contribution in [3.63, 3.8) is 0 Å². The molecule has 0 fully saturated rings. The van der Waals surface area contributed by atoms with Crippen LogP contribution < -0.4 is 14.9 Å². The summed E-state index contributed by atoms with van der Waals surface area (Å²) in [6, 6.07) is 13.4. The number of benzene rings is 2. The van der Waals surface area contributed by atoms with E-state index in [9.17, 15) is 4.79 Å². The molecule has 0 aliphatic carbocycles. The molecule has 1 unspecified atom stereocenters. The van der Waals surface area contributed by atoms with Gasteiger partial charge in [0.1, 0.15) is 22.7 Å². The summed E-state index contributed by atoms with van der Waals surface area (Å²) in [6.45, 7) is 4.37. The first kappa shape index (κ1) is 25.2. The number of hydrogen-bond donors (Lipinski definition) is 1. The molecule has 0 heterocycles. The van der Waals surface area contributed by atoms with Gasteiger partial charge in [0.05, 0.1) is 33.1 Å². The number of ether oxygens (including phenoxy) is 4. The highest BCUT2D eigenvalue weighted by atomic mass is 35.5. The van der Waals surface area contributed by atoms with Crippen LogP contribution in [0.3, 0.4) is 0 Å². The highest BCUT2D eigenvalue weighted by Gasteiger charge is 2.27. The lowest BCUT2D eigenvalue weighted by Crippen LogP contribution is -2.26. The zero-order chi connectivity index (χ0) is 23.3. The molecule has 0 radical (unpaired) electrons. The minimum Gasteiger partial charge on any atom is -0.497 e. The fraction of sp³-hybridized carbons (Fsp3) is 0.348. The zero-order valence-electron chi connectivity index (χ0n) is 18.6. The second-order valence-electron chi connectivity index (χ2n) is 6.38. The topological polar surface area (TPSA) is 90.7 Å². The van der Waals surface area contributed by atoms with Gasteiger partial charge in [-0.25, -0.2) is 4.79 Å². The number of carbonyl (C=O) groups excluding carboxylic acids is 1. The minimum atomic E-state index is -0.821. The third kappa shape index (κ3) is 7.55. The van der Waals surface area contributed by atoms with Crippen LogP contribution in [0.5, 0.6) is 11.5 Å². The van der Waals surface area contributed by atoms with E-state index >= 15 is 0 Å². The fourth-order valence-electron chi connectivity index (χ4n) is 2.66. The molecule has 1 N–H and O–H groups in total. The predicted molar refractivity (Wildman–Crippen MR) is 126 cm³/mol. The van der Waals surface area contributed by atoms with Gasteiger partial charge in [-0.15, -0.1) is 0 Å². The van der Waals surface area contributed by atoms with Gasteiger partial charge in [-0.05, 0) is 55.8 Å². The molecule has 8 nitrogen and oxygen atoms in total. The third-order valence-electron chi connectivity index (χ3n) is 4.27. The van der Waals surface area contributed by atoms with Crippen LogP contribution in [0, 0.1) is 0 Å². The number of carbonyl (C=O) groups is 1. The standard InChI is InChI=1S/C23H28ClN3O5/c1-5-31-15-20(24)25-21(16-7-11-18(29-3)12-8-16)22(23(28)32-6-2)27-26-17-9-13-19(30-4)14-10-17/h7-14,21,26H,5-6,15H2,1-4H3/b25-20?,27-22+. The van der Waals surface area contributed by atoms with E-state index in [-0.39, 0.29) is 24.1 Å². The van der Waals surface area contributed by atoms with E-state index < -0.39 is 12.0 Å². The number of halogens is 1. The highest BCUT2D eigenvalue weighted by molar-refractivity contribution is 6.66. The monoisotopic (exact) mass is 461 g/mol. The van der Waals surface area contributed by atoms with Crippen molar-refractivity contribution in [3.8, 4) is 11.5 Å². The Balaban J connectivity index is 2.46. The maximum absolute atomic E-state index is 12.8. The Bertz CT molecular complexity index is 914. The molecule has 0 spiro atoms. The Morgan fingerprint density at radius 2 is 1.56 bits per heavy atom. The molecule has 0 bridgehead atoms. The third-order valence-corrected chi connectivity index (χ3v) is 4.47. The summed E-state index contributed by atoms with van der Waals surface area (Å²) in [7, 11) is 3.16. The molecule has 0 aliphatic heterocycles. The first-order chi connectivity index (χ1) is 15.5. The summed E-state index contributed by atoms with van der Waals surface area (Å²) < 4.78 is 21.0. The van der Waals surface area contributed by atoms with Crippen molar-refractivity contribution >= 4 is 34.1 Å². The minimum absolute atomic E-state index is 0.0440. The van der Waals surface area contributed by atoms with E-state index in [1.807, 2.05) is 6.92 Å². The lowest BCUT2D eigenvalue weighted by Gasteiger charge is -2.17. The number of rotatable bonds is 12. The molecule has 172 valence electrons. The van der Waals surface area contributed by atoms with Gasteiger partial charge in [0, 0.05) is 6.61 Å². The van der Waals surface area contributed by atoms with Gasteiger partial charge in [-0.1, -0.05) is 23.7 Å². The van der Waals surface area contributed by atoms with Crippen LogP contribution in [-0.2, 0) is 14.3 Å². The lowest BCUT2D eigenvalue weighted by atomic mass is 10.0. The normalized spacial score (nSPS) is 12.8. The molecule has 2 aromatic rings. The number of methoxy groups -OCH3 is 2. The Labute approximate surface area is 193 Å². The van der Waals surface area contributed by atoms with Crippen LogP contribution in [0.2, 0.25) is 0 Å². The van der Waals surface area contributed by atoms with Crippen molar-refractivity contribution in [3.05, 3.63) is 54.1 Å². The van der Waals surface area contributed by atoms with Crippen LogP contribution in [0.25, 0.3) is 0 Å². The smallest absolute Gasteiger partial charge is 0.357 e. The lowest BCUT2D eigenvalue weighted by molar-refractivity contribution is -0.135. The summed E-state index contributed by atoms with van der Waals surface area (Å²) >= 11 is 6.30. The number of anilines is 1. The van der Waals surface area contributed by atoms with E-state index in [1.54, 1.807) is 69.7 Å². The number of nitrogens with zero attached hydrogens (tertiary/aromatic N) is 2. The zero-order valence-corrected chi connectivity index (χ0v) is 19.4. The average molecular weight is 462 g/mol. The first-order valence-corrected chi connectivity index (χ1v) is 10.5. The van der Waals surface area contributed by atoms with Crippen molar-refractivity contribution in [2.75, 3.05) is 39.5 Å². The van der Waals surface area contributed by atoms with E-state index in [2.05, 4.69) is 15.5 Å². The quantitative estimate of drug-likeness (QED) is 0.285. The van der Waals surface area contributed by atoms with Gasteiger partial charge in [0.25, 0.3) is 0 Å². The van der Waals surface area contributed by atoms with Crippen molar-refractivity contribution in [1.29, 1.82) is 0 Å². The van der Waals surface area contributed by atoms with Gasteiger partial charge in [0.2, 0.25) is 0 Å². The maximum atomic E-state index is 12.8. The van der Waals surface area contributed by atoms with Crippen molar-refractivity contribution in [1.82, 2.24) is 0 Å². The largest absolute Gasteiger partial charge is 0.497 e. The predicted octanol–water partition coefficient (Wildman–Crippen LogP) is 4.45. The second kappa shape index (κ2) is 13.3. The van der Waals surface area contributed by atoms with Gasteiger partial charge in [0.15, 0.2) is 5.71 Å². The summed E-state index contributed by atoms with van der Waals surface area (Å²) in [5, 5.41) is 4.54. The van der Waals surface area contributed by atoms with E-state index in [0.29, 0.717) is 29.4 Å². The summed E-state index contributed by atoms with van der Waals surface area (Å²) in [5.74, 6) is 0.760. The Kier molecular flexibility index (Phi) is 10.5. The average Bonchev–Trinajstić information content (AvgIpc) is 2.82. The SMILES string of the molecule is CCOCC(Cl)=NC(/C(=N\Nc1ccc(OC)cc1)C(=O)OCC)c1ccc(OC)cc1. The number of nitrogens with one attached hydrogen (secondary N) is 1. The molecule has 0 saturated heterocycles. The molecule has 2 aromatic carbocycles. The summed E-state index contributed by atoms with van der Waals surface area (Å²) in [4.78, 5) is 17.3. The Morgan fingerprint density at radius 1 is 0.969 bits per heavy atom. The number of hydrazone groups is 1. The fourth-order valence-corrected chi connectivity index (χ4v) is 2.83. The summed E-state index contributed by atoms with van der Waals surface area (Å²) in [6.07, 6.45) is 0. The van der Waals surface area contributed by atoms with Gasteiger partial charge >= 0.3 is 5.97 Å². The van der Waals surface area contributed by atoms with Crippen molar-refractivity contribution in [2.45, 2.75) is 19.9 Å². The molecule has 0 aromatic heterocycles. The van der Waals surface area contributed by atoms with Crippen LogP contribution in [0.15, 0.2) is 58.6 Å². The van der Waals surface area contributed by atoms with Crippen LogP contribution >= 0.6 is 11.6 Å². The van der Waals surface area contributed by atoms with Gasteiger partial charge in [-0.2, -0.15) is 5.10 Å². The number of esters is 1. The van der Waals surface area contributed by atoms with Crippen LogP contribution in [0.1, 0.15) is 25.5 Å². The van der Waals surface area contributed by atoms with E-state index in [4.69, 9.17) is 30.5 Å². The van der Waals surface area contributed by atoms with Crippen LogP contribution in [-0.4, -0.2) is 50.9 Å². The Morgan fingerprint density at radius 3 is 2.09 bits per heavy atom. The van der Waals surface area contributed by atoms with Gasteiger partial charge < -0.3 is 18.9 Å². The van der Waals surface area contributed by atoms with Crippen molar-refractivity contribution in [2.24, 2.45) is 10.1 Å². The molecular formula is C23H28ClN3O5. The van der Waals surface area contributed by atoms with Crippen LogP contribution in [0.4, 0.5) is 5.69 Å². The summed E-state index contributed by atoms with van der Waals surface area (Å²) in [5.41, 5.74) is 4.27. The molecule has 9 heteroatoms. The molecule has 2 rings (SSSR count). The second-order valence-corrected chi connectivity index (χ2v) is 6.81. The molecular weight excluding hydrogens is 434 g/mol. The number of hydrogen-bond acceptors (Lipinski definition) is 8. The van der Waals surface area contributed by atoms with E-state index in [0.717, 1.165) is 0 Å². The molecule has 32 heavy (non-hydrogen) atoms. The molecule has 1 atom stereocenters. The first-order valence-electron chi connectivity index (χ1n) is 10.1. The number of aliphatic imine (C=N–C) groups is 1. The Hall–Kier alpha value is -3.10. The molecule has 0 amide bonds. The molecule has 0 aliphatic rings. The molecule has 0 saturated carbocycles. The maximum Gasteiger partial charge on any atom is 0.357 e. The van der Waals surface area contributed by atoms with Gasteiger partial charge in [-0.3, -0.25) is 10.4 Å².